The van der Waals surface area contributed by atoms with E-state index in [-0.39, 0.29) is 71.7 Å². The molecule has 0 amide bonds. The van der Waals surface area contributed by atoms with Gasteiger partial charge in [-0.25, -0.2) is 0 Å². The Kier molecular flexibility index (Phi) is 9.33. The Hall–Kier alpha value is -11.9. The van der Waals surface area contributed by atoms with Crippen molar-refractivity contribution in [3.05, 3.63) is 320 Å². The summed E-state index contributed by atoms with van der Waals surface area (Å²) in [6.07, 6.45) is 0. The van der Waals surface area contributed by atoms with Gasteiger partial charge < -0.3 is 23.4 Å². The van der Waals surface area contributed by atoms with E-state index in [9.17, 15) is 13.7 Å². The Morgan fingerprint density at radius 3 is 1.35 bits per heavy atom. The summed E-state index contributed by atoms with van der Waals surface area (Å²) >= 11 is 0. The summed E-state index contributed by atoms with van der Waals surface area (Å²) in [5.41, 5.74) is 14.0. The maximum Gasteiger partial charge on any atom is 0.252 e. The molecule has 5 nitrogen and oxygen atoms in total. The molecule has 2 aliphatic heterocycles. The fourth-order valence-corrected chi connectivity index (χ4v) is 15.1. The maximum atomic E-state index is 9.91. The quantitative estimate of drug-likeness (QED) is 0.142. The molecular weight excluding hydrogens is 1190 g/mol. The van der Waals surface area contributed by atoms with Gasteiger partial charge in [-0.3, -0.25) is 0 Å². The van der Waals surface area contributed by atoms with Crippen LogP contribution in [0.2, 0.25) is 0 Å². The molecule has 0 spiro atoms. The van der Waals surface area contributed by atoms with Gasteiger partial charge in [-0.2, -0.15) is 0 Å². The van der Waals surface area contributed by atoms with Gasteiger partial charge >= 0.3 is 0 Å². The molecule has 6 heteroatoms. The van der Waals surface area contributed by atoms with Crippen LogP contribution in [-0.2, 0) is 10.8 Å². The maximum absolute atomic E-state index is 9.91. The van der Waals surface area contributed by atoms with Crippen LogP contribution in [0.1, 0.15) is 77.3 Å². The predicted molar refractivity (Wildman–Crippen MR) is 416 cm³/mol. The molecule has 0 unspecified atom stereocenters. The summed E-state index contributed by atoms with van der Waals surface area (Å²) in [5.74, 6) is 0. The lowest BCUT2D eigenvalue weighted by atomic mass is 9.33. The Morgan fingerprint density at radius 2 is 0.776 bits per heavy atom. The van der Waals surface area contributed by atoms with Gasteiger partial charge in [-0.15, -0.1) is 0 Å². The van der Waals surface area contributed by atoms with Crippen molar-refractivity contribution in [1.82, 2.24) is 9.13 Å². The molecule has 0 N–H and O–H groups in total. The number of nitrogens with zero attached hydrogens (tertiary/aromatic N) is 4. The van der Waals surface area contributed by atoms with Gasteiger partial charge in [0.25, 0.3) is 6.71 Å². The van der Waals surface area contributed by atoms with E-state index in [0.29, 0.717) is 55.8 Å². The minimum Gasteiger partial charge on any atom is -0.452 e. The number of para-hydroxylation sites is 4. The van der Waals surface area contributed by atoms with Crippen LogP contribution in [0.5, 0.6) is 0 Å². The summed E-state index contributed by atoms with van der Waals surface area (Å²) in [5, 5.41) is 2.86. The van der Waals surface area contributed by atoms with Crippen molar-refractivity contribution in [3.63, 3.8) is 0 Å². The van der Waals surface area contributed by atoms with Crippen LogP contribution in [0, 0.1) is 0 Å². The van der Waals surface area contributed by atoms with Crippen molar-refractivity contribution in [1.29, 1.82) is 0 Å². The molecule has 5 heterocycles. The van der Waals surface area contributed by atoms with Gasteiger partial charge in [0, 0.05) is 66.4 Å². The minimum atomic E-state index is -0.765. The molecule has 98 heavy (non-hydrogen) atoms. The van der Waals surface area contributed by atoms with E-state index in [1.807, 2.05) is 83.8 Å². The molecule has 466 valence electrons. The van der Waals surface area contributed by atoms with Gasteiger partial charge in [0.15, 0.2) is 11.2 Å². The Bertz CT molecular complexity index is 6980. The minimum absolute atomic E-state index is 0.0883. The number of benzene rings is 14. The molecular formula is C92H69BN4O. The molecule has 14 aromatic carbocycles. The standard InChI is InChI=1S/C92H69BN4O/c1-91(2,3)66-42-47-80-74(55-66)75-56-67(92(4,5)6)43-48-81(75)94(80)68-44-46-77-85(57-68)95(69-50-63(59-27-13-8-14-28-59)49-64(51-69)60-29-15-9-16-30-60)86-53-65(61-31-17-10-18-32-61)54-87-88(86)93(77)76-45-41-62(58-25-11-7-12-26-58)52-84(76)97(87)83-40-24-36-73-72-35-23-39-82(89(72)98-90(73)83)96-78-37-21-19-33-70(78)71-34-20-22-38-79(71)96/h7-57H,1-6H3/i7D,10D,11D,12D,17D,18D,19D,20D,21D,22D,25D,26D,31D,32D,33D,34D,37D,38D. The van der Waals surface area contributed by atoms with Crippen molar-refractivity contribution in [2.45, 2.75) is 52.4 Å². The highest BCUT2D eigenvalue weighted by Crippen LogP contribution is 2.52. The average molecular weight is 1280 g/mol. The second-order valence-corrected chi connectivity index (χ2v) is 27.5. The third-order valence-corrected chi connectivity index (χ3v) is 19.8. The molecule has 0 fully saturated rings. The van der Waals surface area contributed by atoms with Crippen LogP contribution in [0.4, 0.5) is 34.1 Å². The average Bonchev–Trinajstić information content (AvgIpc) is 0.927. The first-order valence-electron chi connectivity index (χ1n) is 41.9. The number of furan rings is 1. The summed E-state index contributed by atoms with van der Waals surface area (Å²) in [7, 11) is 0. The third kappa shape index (κ3) is 9.01. The summed E-state index contributed by atoms with van der Waals surface area (Å²) < 4.78 is 178. The second-order valence-electron chi connectivity index (χ2n) is 27.5. The molecule has 0 radical (unpaired) electrons. The van der Waals surface area contributed by atoms with Crippen molar-refractivity contribution in [3.8, 4) is 55.9 Å². The number of aromatic nitrogens is 2. The summed E-state index contributed by atoms with van der Waals surface area (Å²) in [6, 6.07) is 56.7. The zero-order valence-electron chi connectivity index (χ0n) is 72.3. The van der Waals surface area contributed by atoms with E-state index in [0.717, 1.165) is 55.2 Å². The van der Waals surface area contributed by atoms with Crippen LogP contribution in [-0.4, -0.2) is 15.8 Å². The van der Waals surface area contributed by atoms with Gasteiger partial charge in [-0.1, -0.05) is 253 Å². The first-order chi connectivity index (χ1) is 55.3. The van der Waals surface area contributed by atoms with Crippen molar-refractivity contribution < 1.29 is 29.1 Å². The number of hydrogen-bond donors (Lipinski definition) is 0. The zero-order valence-corrected chi connectivity index (χ0v) is 54.3. The zero-order chi connectivity index (χ0) is 81.4. The van der Waals surface area contributed by atoms with E-state index in [1.165, 1.54) is 15.7 Å². The van der Waals surface area contributed by atoms with Gasteiger partial charge in [0.05, 0.1) is 58.1 Å². The molecule has 0 bridgehead atoms. The highest BCUT2D eigenvalue weighted by Gasteiger charge is 2.45. The molecule has 2 aliphatic rings. The van der Waals surface area contributed by atoms with E-state index in [1.54, 1.807) is 24.3 Å². The Morgan fingerprint density at radius 1 is 0.296 bits per heavy atom. The molecule has 0 saturated heterocycles. The fourth-order valence-electron chi connectivity index (χ4n) is 15.1. The first kappa shape index (κ1) is 41.9. The SMILES string of the molecule is [2H]c1c([2H])c([2H])c(-c2ccc3c(c2)N(c2cccc4c2oc2c(-n5c6c([2H])c([2H])c([2H])c([2H])c6c6c([2H])c([2H])c([2H])c([2H])c65)cccc24)c2cc(-c4c([2H])c([2H])c([2H])c([2H])c4[2H])cc4c2B3c2ccc(-n3c5ccc(C(C)(C)C)cc5c5cc(C(C)(C)C)ccc53)cc2N4c2cc(-c3ccccc3)cc(-c3ccccc3)c2)c([2H])c1[2H]. The van der Waals surface area contributed by atoms with Crippen molar-refractivity contribution in [2.75, 3.05) is 9.80 Å². The van der Waals surface area contributed by atoms with Gasteiger partial charge in [-0.05, 0) is 180 Å². The Balaban J connectivity index is 0.972. The van der Waals surface area contributed by atoms with Crippen LogP contribution in [0.25, 0.3) is 121 Å². The summed E-state index contributed by atoms with van der Waals surface area (Å²) in [4.78, 5) is 4.16. The second kappa shape index (κ2) is 21.8. The monoisotopic (exact) mass is 1270 g/mol. The summed E-state index contributed by atoms with van der Waals surface area (Å²) in [6.45, 7) is 12.5. The molecule has 3 aromatic heterocycles. The Labute approximate surface area is 596 Å². The first-order valence-corrected chi connectivity index (χ1v) is 32.9. The normalized spacial score (nSPS) is 15.5. The van der Waals surface area contributed by atoms with Gasteiger partial charge in [0.1, 0.15) is 0 Å². The molecule has 19 rings (SSSR count). The highest BCUT2D eigenvalue weighted by atomic mass is 16.3. The van der Waals surface area contributed by atoms with Crippen molar-refractivity contribution >= 4 is 123 Å². The molecule has 0 aliphatic carbocycles. The lowest BCUT2D eigenvalue weighted by Crippen LogP contribution is -2.61. The highest BCUT2D eigenvalue weighted by molar-refractivity contribution is 7.00. The number of fused-ring (bicyclic) bond motifs is 13. The van der Waals surface area contributed by atoms with Crippen molar-refractivity contribution in [2.24, 2.45) is 0 Å². The topological polar surface area (TPSA) is 29.5 Å². The van der Waals surface area contributed by atoms with E-state index >= 15 is 0 Å². The van der Waals surface area contributed by atoms with Crippen LogP contribution >= 0.6 is 0 Å². The smallest absolute Gasteiger partial charge is 0.252 e. The van der Waals surface area contributed by atoms with E-state index in [2.05, 4.69) is 148 Å². The molecule has 0 saturated carbocycles. The van der Waals surface area contributed by atoms with Gasteiger partial charge in [0.2, 0.25) is 0 Å². The lowest BCUT2D eigenvalue weighted by molar-refractivity contribution is 0.590. The number of anilines is 6. The lowest BCUT2D eigenvalue weighted by Gasteiger charge is -2.44. The fraction of sp³-hybridized carbons (Fsp3) is 0.0870. The van der Waals surface area contributed by atoms with E-state index in [4.69, 9.17) is 15.4 Å². The molecule has 17 aromatic rings. The van der Waals surface area contributed by atoms with E-state index < -0.39 is 115 Å². The van der Waals surface area contributed by atoms with Crippen LogP contribution in [0.3, 0.4) is 0 Å². The third-order valence-electron chi connectivity index (χ3n) is 19.8. The molecule has 0 atom stereocenters. The largest absolute Gasteiger partial charge is 0.452 e. The predicted octanol–water partition coefficient (Wildman–Crippen LogP) is 23.1. The van der Waals surface area contributed by atoms with Crippen LogP contribution in [0.15, 0.2) is 313 Å². The number of hydrogen-bond acceptors (Lipinski definition) is 3. The van der Waals surface area contributed by atoms with Crippen LogP contribution < -0.4 is 26.2 Å². The number of rotatable bonds is 8.